The van der Waals surface area contributed by atoms with Crippen LogP contribution in [0.5, 0.6) is 5.75 Å². The van der Waals surface area contributed by atoms with Gasteiger partial charge >= 0.3 is 0 Å². The van der Waals surface area contributed by atoms with Gasteiger partial charge in [-0.2, -0.15) is 0 Å². The highest BCUT2D eigenvalue weighted by Gasteiger charge is 2.28. The van der Waals surface area contributed by atoms with Crippen LogP contribution >= 0.6 is 0 Å². The highest BCUT2D eigenvalue weighted by atomic mass is 16.5. The van der Waals surface area contributed by atoms with Gasteiger partial charge in [-0.15, -0.1) is 0 Å². The summed E-state index contributed by atoms with van der Waals surface area (Å²) >= 11 is 0. The lowest BCUT2D eigenvalue weighted by molar-refractivity contribution is -0.121. The molecule has 0 bridgehead atoms. The summed E-state index contributed by atoms with van der Waals surface area (Å²) in [6.07, 6.45) is 8.05. The second kappa shape index (κ2) is 10.2. The molecule has 0 aromatic heterocycles. The molecule has 0 saturated heterocycles. The van der Waals surface area contributed by atoms with E-state index in [2.05, 4.69) is 25.2 Å². The molecule has 1 aliphatic carbocycles. The van der Waals surface area contributed by atoms with Crippen LogP contribution in [0.1, 0.15) is 63.0 Å². The normalized spacial score (nSPS) is 20.4. The van der Waals surface area contributed by atoms with Crippen LogP contribution in [0.3, 0.4) is 0 Å². The number of carbonyl (C=O) groups is 2. The van der Waals surface area contributed by atoms with Gasteiger partial charge in [-0.05, 0) is 67.9 Å². The molecule has 0 unspecified atom stereocenters. The molecule has 2 aliphatic rings. The van der Waals surface area contributed by atoms with E-state index >= 15 is 0 Å². The van der Waals surface area contributed by atoms with Crippen molar-refractivity contribution in [1.82, 2.24) is 0 Å². The molecule has 2 aromatic rings. The number of nitrogens with zero attached hydrogens (tertiary/aromatic N) is 1. The number of anilines is 2. The van der Waals surface area contributed by atoms with E-state index in [1.807, 2.05) is 36.4 Å². The standard InChI is InChI=1S/C27H34N2O3/c1-3-4-8-20-10-12-21(13-11-20)27(31)28-23-14-15-25-24(16-23)29(26(30)18-32-25)17-22-9-6-5-7-19(22)2/h5-7,9,14-16,20-21H,3-4,8,10-13,17-18H2,1-2H3,(H,28,31). The molecule has 4 rings (SSSR count). The summed E-state index contributed by atoms with van der Waals surface area (Å²) in [7, 11) is 0. The fourth-order valence-corrected chi connectivity index (χ4v) is 4.86. The number of carbonyl (C=O) groups excluding carboxylic acids is 2. The first kappa shape index (κ1) is 22.4. The topological polar surface area (TPSA) is 58.6 Å². The maximum Gasteiger partial charge on any atom is 0.265 e. The third-order valence-electron chi connectivity index (χ3n) is 6.94. The number of fused-ring (bicyclic) bond motifs is 1. The van der Waals surface area contributed by atoms with E-state index in [-0.39, 0.29) is 24.3 Å². The summed E-state index contributed by atoms with van der Waals surface area (Å²) in [6.45, 7) is 4.81. The van der Waals surface area contributed by atoms with Crippen molar-refractivity contribution in [3.8, 4) is 5.75 Å². The van der Waals surface area contributed by atoms with Crippen LogP contribution in [0.2, 0.25) is 0 Å². The number of hydrogen-bond acceptors (Lipinski definition) is 3. The Morgan fingerprint density at radius 1 is 1.12 bits per heavy atom. The zero-order valence-electron chi connectivity index (χ0n) is 19.2. The monoisotopic (exact) mass is 434 g/mol. The first-order valence-electron chi connectivity index (χ1n) is 12.0. The minimum atomic E-state index is -0.0744. The van der Waals surface area contributed by atoms with Crippen molar-refractivity contribution in [1.29, 1.82) is 0 Å². The average molecular weight is 435 g/mol. The smallest absolute Gasteiger partial charge is 0.265 e. The van der Waals surface area contributed by atoms with Crippen LogP contribution in [-0.2, 0) is 16.1 Å². The van der Waals surface area contributed by atoms with E-state index in [1.165, 1.54) is 19.3 Å². The number of unbranched alkanes of at least 4 members (excludes halogenated alkanes) is 1. The van der Waals surface area contributed by atoms with Gasteiger partial charge in [0.1, 0.15) is 5.75 Å². The Morgan fingerprint density at radius 3 is 2.66 bits per heavy atom. The largest absolute Gasteiger partial charge is 0.482 e. The maximum absolute atomic E-state index is 12.9. The fourth-order valence-electron chi connectivity index (χ4n) is 4.86. The number of aryl methyl sites for hydroxylation is 1. The van der Waals surface area contributed by atoms with Crippen molar-refractivity contribution in [2.75, 3.05) is 16.8 Å². The lowest BCUT2D eigenvalue weighted by Gasteiger charge is -2.31. The van der Waals surface area contributed by atoms with Crippen molar-refractivity contribution in [2.45, 2.75) is 65.3 Å². The second-order valence-corrected chi connectivity index (χ2v) is 9.23. The lowest BCUT2D eigenvalue weighted by Crippen LogP contribution is -2.38. The molecule has 1 saturated carbocycles. The van der Waals surface area contributed by atoms with Gasteiger partial charge < -0.3 is 15.0 Å². The number of ether oxygens (including phenoxy) is 1. The first-order chi connectivity index (χ1) is 15.5. The van der Waals surface area contributed by atoms with E-state index < -0.39 is 0 Å². The maximum atomic E-state index is 12.9. The minimum Gasteiger partial charge on any atom is -0.482 e. The van der Waals surface area contributed by atoms with E-state index in [4.69, 9.17) is 4.74 Å². The molecule has 0 atom stereocenters. The Bertz CT molecular complexity index is 963. The zero-order chi connectivity index (χ0) is 22.5. The number of benzene rings is 2. The van der Waals surface area contributed by atoms with Crippen LogP contribution in [-0.4, -0.2) is 18.4 Å². The quantitative estimate of drug-likeness (QED) is 0.594. The number of amides is 2. The summed E-state index contributed by atoms with van der Waals surface area (Å²) in [5, 5.41) is 3.10. The molecule has 1 fully saturated rings. The molecule has 1 aliphatic heterocycles. The van der Waals surface area contributed by atoms with Crippen LogP contribution in [0.25, 0.3) is 0 Å². The average Bonchev–Trinajstić information content (AvgIpc) is 2.81. The van der Waals surface area contributed by atoms with E-state index in [1.54, 1.807) is 4.90 Å². The van der Waals surface area contributed by atoms with Crippen molar-refractivity contribution in [2.24, 2.45) is 11.8 Å². The Labute approximate surface area is 191 Å². The van der Waals surface area contributed by atoms with Gasteiger partial charge in [-0.1, -0.05) is 50.5 Å². The van der Waals surface area contributed by atoms with E-state index in [0.29, 0.717) is 18.0 Å². The Balaban J connectivity index is 1.44. The Hall–Kier alpha value is -2.82. The molecule has 5 nitrogen and oxygen atoms in total. The molecule has 0 radical (unpaired) electrons. The second-order valence-electron chi connectivity index (χ2n) is 9.23. The third kappa shape index (κ3) is 5.14. The SMILES string of the molecule is CCCCC1CCC(C(=O)Nc2ccc3c(c2)N(Cc2ccccc2C)C(=O)CO3)CC1. The number of nitrogens with one attached hydrogen (secondary N) is 1. The summed E-state index contributed by atoms with van der Waals surface area (Å²) in [5.41, 5.74) is 3.68. The molecule has 32 heavy (non-hydrogen) atoms. The van der Waals surface area contributed by atoms with Crippen LogP contribution < -0.4 is 15.0 Å². The summed E-state index contributed by atoms with van der Waals surface area (Å²) in [5.74, 6) is 1.54. The third-order valence-corrected chi connectivity index (χ3v) is 6.94. The molecule has 1 N–H and O–H groups in total. The van der Waals surface area contributed by atoms with Gasteiger partial charge in [0.2, 0.25) is 5.91 Å². The van der Waals surface area contributed by atoms with E-state index in [0.717, 1.165) is 48.4 Å². The predicted molar refractivity (Wildman–Crippen MR) is 128 cm³/mol. The van der Waals surface area contributed by atoms with Crippen LogP contribution in [0, 0.1) is 18.8 Å². The van der Waals surface area contributed by atoms with Crippen molar-refractivity contribution in [3.05, 3.63) is 53.6 Å². The predicted octanol–water partition coefficient (Wildman–Crippen LogP) is 5.86. The molecule has 170 valence electrons. The molecule has 5 heteroatoms. The minimum absolute atomic E-state index is 0.0336. The number of rotatable bonds is 7. The van der Waals surface area contributed by atoms with Crippen molar-refractivity contribution in [3.63, 3.8) is 0 Å². The fraction of sp³-hybridized carbons (Fsp3) is 0.481. The van der Waals surface area contributed by atoms with Gasteiger partial charge in [0.15, 0.2) is 6.61 Å². The molecule has 0 spiro atoms. The van der Waals surface area contributed by atoms with E-state index in [9.17, 15) is 9.59 Å². The molecular weight excluding hydrogens is 400 g/mol. The summed E-state index contributed by atoms with van der Waals surface area (Å²) in [4.78, 5) is 27.3. The summed E-state index contributed by atoms with van der Waals surface area (Å²) < 4.78 is 5.65. The molecule has 2 amide bonds. The van der Waals surface area contributed by atoms with Gasteiger partial charge in [0.25, 0.3) is 5.91 Å². The van der Waals surface area contributed by atoms with Crippen molar-refractivity contribution < 1.29 is 14.3 Å². The van der Waals surface area contributed by atoms with Crippen LogP contribution in [0.4, 0.5) is 11.4 Å². The highest BCUT2D eigenvalue weighted by molar-refractivity contribution is 5.99. The van der Waals surface area contributed by atoms with Gasteiger partial charge in [-0.3, -0.25) is 9.59 Å². The highest BCUT2D eigenvalue weighted by Crippen LogP contribution is 2.37. The Kier molecular flexibility index (Phi) is 7.13. The summed E-state index contributed by atoms with van der Waals surface area (Å²) in [6, 6.07) is 13.7. The van der Waals surface area contributed by atoms with Gasteiger partial charge in [-0.25, -0.2) is 0 Å². The molecule has 1 heterocycles. The number of hydrogen-bond donors (Lipinski definition) is 1. The Morgan fingerprint density at radius 2 is 1.91 bits per heavy atom. The van der Waals surface area contributed by atoms with Gasteiger partial charge in [0.05, 0.1) is 12.2 Å². The first-order valence-corrected chi connectivity index (χ1v) is 12.0. The van der Waals surface area contributed by atoms with Gasteiger partial charge in [0, 0.05) is 11.6 Å². The zero-order valence-corrected chi connectivity index (χ0v) is 19.2. The molecule has 2 aromatic carbocycles. The van der Waals surface area contributed by atoms with Crippen LogP contribution in [0.15, 0.2) is 42.5 Å². The molecular formula is C27H34N2O3. The lowest BCUT2D eigenvalue weighted by atomic mass is 9.79. The van der Waals surface area contributed by atoms with Crippen molar-refractivity contribution >= 4 is 23.2 Å².